The number of carbonyl (C=O) groups is 1. The van der Waals surface area contributed by atoms with Crippen LogP contribution in [-0.4, -0.2) is 36.5 Å². The SMILES string of the molecule is CCC(C)NC(=O)CCN1CCCC1. The third-order valence-corrected chi connectivity index (χ3v) is 2.87. The summed E-state index contributed by atoms with van der Waals surface area (Å²) in [4.78, 5) is 13.8. The number of likely N-dealkylation sites (tertiary alicyclic amines) is 1. The van der Waals surface area contributed by atoms with E-state index in [0.29, 0.717) is 12.5 Å². The molecule has 3 nitrogen and oxygen atoms in total. The molecular formula is C11H22N2O. The topological polar surface area (TPSA) is 32.3 Å². The normalized spacial score (nSPS) is 19.6. The molecule has 1 amide bonds. The quantitative estimate of drug-likeness (QED) is 0.724. The molecular weight excluding hydrogens is 176 g/mol. The second-order valence-corrected chi connectivity index (χ2v) is 4.18. The van der Waals surface area contributed by atoms with Crippen LogP contribution in [0.3, 0.4) is 0 Å². The monoisotopic (exact) mass is 198 g/mol. The summed E-state index contributed by atoms with van der Waals surface area (Å²) < 4.78 is 0. The minimum atomic E-state index is 0.200. The van der Waals surface area contributed by atoms with Crippen molar-refractivity contribution in [2.24, 2.45) is 0 Å². The van der Waals surface area contributed by atoms with Gasteiger partial charge in [0.2, 0.25) is 5.91 Å². The lowest BCUT2D eigenvalue weighted by molar-refractivity contribution is -0.122. The van der Waals surface area contributed by atoms with Crippen LogP contribution in [0.2, 0.25) is 0 Å². The zero-order chi connectivity index (χ0) is 10.4. The number of hydrogen-bond donors (Lipinski definition) is 1. The summed E-state index contributed by atoms with van der Waals surface area (Å²) in [5, 5.41) is 2.99. The van der Waals surface area contributed by atoms with E-state index in [1.807, 2.05) is 6.92 Å². The van der Waals surface area contributed by atoms with Crippen LogP contribution in [0.15, 0.2) is 0 Å². The van der Waals surface area contributed by atoms with Crippen molar-refractivity contribution < 1.29 is 4.79 Å². The maximum atomic E-state index is 11.4. The molecule has 0 saturated carbocycles. The lowest BCUT2D eigenvalue weighted by atomic mass is 10.2. The van der Waals surface area contributed by atoms with Crippen LogP contribution in [0.1, 0.15) is 39.5 Å². The van der Waals surface area contributed by atoms with Gasteiger partial charge in [-0.2, -0.15) is 0 Å². The molecule has 1 N–H and O–H groups in total. The largest absolute Gasteiger partial charge is 0.354 e. The molecule has 1 heterocycles. The van der Waals surface area contributed by atoms with Gasteiger partial charge in [0.25, 0.3) is 0 Å². The van der Waals surface area contributed by atoms with Gasteiger partial charge in [-0.15, -0.1) is 0 Å². The average Bonchev–Trinajstić information content (AvgIpc) is 2.67. The smallest absolute Gasteiger partial charge is 0.221 e. The van der Waals surface area contributed by atoms with Crippen molar-refractivity contribution in [2.75, 3.05) is 19.6 Å². The molecule has 14 heavy (non-hydrogen) atoms. The summed E-state index contributed by atoms with van der Waals surface area (Å²) in [7, 11) is 0. The Morgan fingerprint density at radius 2 is 2.07 bits per heavy atom. The Morgan fingerprint density at radius 1 is 1.43 bits per heavy atom. The fourth-order valence-corrected chi connectivity index (χ4v) is 1.71. The molecule has 0 radical (unpaired) electrons. The lowest BCUT2D eigenvalue weighted by Crippen LogP contribution is -2.34. The minimum absolute atomic E-state index is 0.200. The van der Waals surface area contributed by atoms with Gasteiger partial charge in [-0.3, -0.25) is 4.79 Å². The lowest BCUT2D eigenvalue weighted by Gasteiger charge is -2.15. The Kier molecular flexibility index (Phi) is 4.94. The van der Waals surface area contributed by atoms with Crippen LogP contribution in [0.25, 0.3) is 0 Å². The van der Waals surface area contributed by atoms with E-state index in [4.69, 9.17) is 0 Å². The Bertz CT molecular complexity index is 176. The molecule has 1 aliphatic heterocycles. The van der Waals surface area contributed by atoms with Gasteiger partial charge in [0.05, 0.1) is 0 Å². The predicted molar refractivity (Wildman–Crippen MR) is 58.2 cm³/mol. The highest BCUT2D eigenvalue weighted by molar-refractivity contribution is 5.76. The molecule has 1 rings (SSSR count). The van der Waals surface area contributed by atoms with Gasteiger partial charge in [-0.05, 0) is 39.3 Å². The van der Waals surface area contributed by atoms with Gasteiger partial charge in [-0.1, -0.05) is 6.92 Å². The first kappa shape index (κ1) is 11.5. The second-order valence-electron chi connectivity index (χ2n) is 4.18. The fourth-order valence-electron chi connectivity index (χ4n) is 1.71. The highest BCUT2D eigenvalue weighted by Gasteiger charge is 2.13. The number of nitrogens with zero attached hydrogens (tertiary/aromatic N) is 1. The third-order valence-electron chi connectivity index (χ3n) is 2.87. The molecule has 1 atom stereocenters. The van der Waals surface area contributed by atoms with Crippen molar-refractivity contribution in [1.82, 2.24) is 10.2 Å². The van der Waals surface area contributed by atoms with Crippen LogP contribution in [-0.2, 0) is 4.79 Å². The van der Waals surface area contributed by atoms with E-state index < -0.39 is 0 Å². The summed E-state index contributed by atoms with van der Waals surface area (Å²) in [5.74, 6) is 0.200. The van der Waals surface area contributed by atoms with E-state index in [-0.39, 0.29) is 5.91 Å². The van der Waals surface area contributed by atoms with Crippen LogP contribution in [0.4, 0.5) is 0 Å². The van der Waals surface area contributed by atoms with Crippen LogP contribution in [0.5, 0.6) is 0 Å². The molecule has 0 aliphatic carbocycles. The van der Waals surface area contributed by atoms with E-state index in [9.17, 15) is 4.79 Å². The summed E-state index contributed by atoms with van der Waals surface area (Å²) in [6.45, 7) is 7.43. The van der Waals surface area contributed by atoms with Crippen molar-refractivity contribution in [3.05, 3.63) is 0 Å². The number of amides is 1. The Hall–Kier alpha value is -0.570. The molecule has 1 saturated heterocycles. The van der Waals surface area contributed by atoms with E-state index in [2.05, 4.69) is 17.1 Å². The molecule has 1 unspecified atom stereocenters. The summed E-state index contributed by atoms with van der Waals surface area (Å²) in [5.41, 5.74) is 0. The highest BCUT2D eigenvalue weighted by Crippen LogP contribution is 2.07. The van der Waals surface area contributed by atoms with Gasteiger partial charge >= 0.3 is 0 Å². The maximum absolute atomic E-state index is 11.4. The van der Waals surface area contributed by atoms with Gasteiger partial charge in [-0.25, -0.2) is 0 Å². The molecule has 0 bridgehead atoms. The molecule has 82 valence electrons. The highest BCUT2D eigenvalue weighted by atomic mass is 16.1. The number of hydrogen-bond acceptors (Lipinski definition) is 2. The maximum Gasteiger partial charge on any atom is 0.221 e. The second kappa shape index (κ2) is 6.02. The van der Waals surface area contributed by atoms with Crippen molar-refractivity contribution in [2.45, 2.75) is 45.6 Å². The standard InChI is InChI=1S/C11H22N2O/c1-3-10(2)12-11(14)6-9-13-7-4-5-8-13/h10H,3-9H2,1-2H3,(H,12,14). The van der Waals surface area contributed by atoms with Crippen molar-refractivity contribution >= 4 is 5.91 Å². The van der Waals surface area contributed by atoms with Gasteiger partial charge in [0.1, 0.15) is 0 Å². The summed E-state index contributed by atoms with van der Waals surface area (Å²) >= 11 is 0. The number of carbonyl (C=O) groups excluding carboxylic acids is 1. The Morgan fingerprint density at radius 3 is 2.64 bits per heavy atom. The predicted octanol–water partition coefficient (Wildman–Crippen LogP) is 1.39. The van der Waals surface area contributed by atoms with E-state index in [1.165, 1.54) is 25.9 Å². The van der Waals surface area contributed by atoms with E-state index in [1.54, 1.807) is 0 Å². The zero-order valence-electron chi connectivity index (χ0n) is 9.38. The van der Waals surface area contributed by atoms with E-state index in [0.717, 1.165) is 13.0 Å². The first-order valence-corrected chi connectivity index (χ1v) is 5.74. The number of nitrogens with one attached hydrogen (secondary N) is 1. The molecule has 1 fully saturated rings. The first-order valence-electron chi connectivity index (χ1n) is 5.74. The molecule has 0 aromatic carbocycles. The zero-order valence-corrected chi connectivity index (χ0v) is 9.38. The third kappa shape index (κ3) is 4.09. The Balaban J connectivity index is 2.08. The average molecular weight is 198 g/mol. The summed E-state index contributed by atoms with van der Waals surface area (Å²) in [6, 6.07) is 0.320. The minimum Gasteiger partial charge on any atom is -0.354 e. The molecule has 3 heteroatoms. The van der Waals surface area contributed by atoms with Gasteiger partial charge < -0.3 is 10.2 Å². The molecule has 0 aromatic rings. The van der Waals surface area contributed by atoms with E-state index >= 15 is 0 Å². The fraction of sp³-hybridized carbons (Fsp3) is 0.909. The first-order chi connectivity index (χ1) is 6.72. The van der Waals surface area contributed by atoms with Gasteiger partial charge in [0.15, 0.2) is 0 Å². The Labute approximate surface area is 86.9 Å². The van der Waals surface area contributed by atoms with Crippen molar-refractivity contribution in [3.8, 4) is 0 Å². The molecule has 0 aromatic heterocycles. The van der Waals surface area contributed by atoms with Crippen LogP contribution in [0, 0.1) is 0 Å². The van der Waals surface area contributed by atoms with Crippen LogP contribution < -0.4 is 5.32 Å². The number of rotatable bonds is 5. The molecule has 0 spiro atoms. The summed E-state index contributed by atoms with van der Waals surface area (Å²) in [6.07, 6.45) is 4.26. The van der Waals surface area contributed by atoms with Crippen molar-refractivity contribution in [3.63, 3.8) is 0 Å². The van der Waals surface area contributed by atoms with Crippen molar-refractivity contribution in [1.29, 1.82) is 0 Å². The molecule has 1 aliphatic rings. The van der Waals surface area contributed by atoms with Crippen LogP contribution >= 0.6 is 0 Å². The van der Waals surface area contributed by atoms with Gasteiger partial charge in [0, 0.05) is 19.0 Å².